The first-order valence-electron chi connectivity index (χ1n) is 10.0. The standard InChI is InChI=1S/C24H28N2O4/c1-14-11-15(2)20(16(3)12-14)25-21(27)17(4)30-13-24(5,6)26-22(28)18-9-7-8-10-19(18)23(26)29/h7-12,17H,13H2,1-6H3,(H,25,27). The average molecular weight is 408 g/mol. The van der Waals surface area contributed by atoms with Crippen LogP contribution in [0.5, 0.6) is 0 Å². The second kappa shape index (κ2) is 8.03. The van der Waals surface area contributed by atoms with Gasteiger partial charge in [0.05, 0.1) is 23.3 Å². The molecule has 1 heterocycles. The van der Waals surface area contributed by atoms with E-state index in [-0.39, 0.29) is 24.3 Å². The predicted molar refractivity (Wildman–Crippen MR) is 116 cm³/mol. The van der Waals surface area contributed by atoms with Gasteiger partial charge in [0.1, 0.15) is 6.10 Å². The third kappa shape index (κ3) is 4.00. The van der Waals surface area contributed by atoms with E-state index < -0.39 is 11.6 Å². The van der Waals surface area contributed by atoms with Crippen molar-refractivity contribution in [1.29, 1.82) is 0 Å². The summed E-state index contributed by atoms with van der Waals surface area (Å²) in [5.41, 5.74) is 3.77. The highest BCUT2D eigenvalue weighted by molar-refractivity contribution is 6.21. The predicted octanol–water partition coefficient (Wildman–Crippen LogP) is 4.03. The molecular formula is C24H28N2O4. The van der Waals surface area contributed by atoms with E-state index in [4.69, 9.17) is 4.74 Å². The summed E-state index contributed by atoms with van der Waals surface area (Å²) >= 11 is 0. The largest absolute Gasteiger partial charge is 0.366 e. The van der Waals surface area contributed by atoms with E-state index in [9.17, 15) is 14.4 Å². The summed E-state index contributed by atoms with van der Waals surface area (Å²) in [5.74, 6) is -0.956. The van der Waals surface area contributed by atoms with Crippen LogP contribution >= 0.6 is 0 Å². The van der Waals surface area contributed by atoms with Crippen LogP contribution in [0.15, 0.2) is 36.4 Å². The van der Waals surface area contributed by atoms with E-state index in [2.05, 4.69) is 5.32 Å². The zero-order valence-corrected chi connectivity index (χ0v) is 18.3. The number of anilines is 1. The first-order chi connectivity index (χ1) is 14.0. The van der Waals surface area contributed by atoms with Crippen LogP contribution in [0.1, 0.15) is 58.2 Å². The average Bonchev–Trinajstić information content (AvgIpc) is 2.94. The molecule has 2 aromatic carbocycles. The molecule has 1 N–H and O–H groups in total. The molecule has 1 unspecified atom stereocenters. The lowest BCUT2D eigenvalue weighted by molar-refractivity contribution is -0.128. The number of benzene rings is 2. The quantitative estimate of drug-likeness (QED) is 0.732. The maximum Gasteiger partial charge on any atom is 0.262 e. The van der Waals surface area contributed by atoms with Crippen LogP contribution in [0.25, 0.3) is 0 Å². The van der Waals surface area contributed by atoms with Crippen molar-refractivity contribution in [3.05, 3.63) is 64.2 Å². The molecule has 0 aliphatic carbocycles. The van der Waals surface area contributed by atoms with Crippen LogP contribution in [0.2, 0.25) is 0 Å². The Kier molecular flexibility index (Phi) is 5.81. The van der Waals surface area contributed by atoms with E-state index in [0.29, 0.717) is 11.1 Å². The van der Waals surface area contributed by atoms with E-state index in [0.717, 1.165) is 22.4 Å². The number of imide groups is 1. The maximum absolute atomic E-state index is 12.7. The summed E-state index contributed by atoms with van der Waals surface area (Å²) in [6.07, 6.45) is -0.750. The van der Waals surface area contributed by atoms with E-state index in [1.807, 2.05) is 32.9 Å². The molecule has 2 aromatic rings. The molecule has 30 heavy (non-hydrogen) atoms. The first kappa shape index (κ1) is 21.7. The van der Waals surface area contributed by atoms with Crippen LogP contribution in [-0.2, 0) is 9.53 Å². The van der Waals surface area contributed by atoms with Crippen LogP contribution < -0.4 is 5.32 Å². The Bertz CT molecular complexity index is 968. The summed E-state index contributed by atoms with van der Waals surface area (Å²) < 4.78 is 5.79. The third-order valence-corrected chi connectivity index (χ3v) is 5.38. The zero-order valence-electron chi connectivity index (χ0n) is 18.3. The summed E-state index contributed by atoms with van der Waals surface area (Å²) in [4.78, 5) is 39.4. The first-order valence-corrected chi connectivity index (χ1v) is 10.0. The monoisotopic (exact) mass is 408 g/mol. The Balaban J connectivity index is 1.67. The fourth-order valence-electron chi connectivity index (χ4n) is 3.81. The summed E-state index contributed by atoms with van der Waals surface area (Å²) in [7, 11) is 0. The van der Waals surface area contributed by atoms with Crippen molar-refractivity contribution in [2.45, 2.75) is 53.2 Å². The molecule has 0 aromatic heterocycles. The lowest BCUT2D eigenvalue weighted by atomic mass is 10.0. The Morgan fingerprint density at radius 2 is 1.53 bits per heavy atom. The second-order valence-corrected chi connectivity index (χ2v) is 8.52. The SMILES string of the molecule is Cc1cc(C)c(NC(=O)C(C)OCC(C)(C)N2C(=O)c3ccccc3C2=O)c(C)c1. The van der Waals surface area contributed by atoms with E-state index in [1.165, 1.54) is 4.90 Å². The highest BCUT2D eigenvalue weighted by Crippen LogP contribution is 2.30. The van der Waals surface area contributed by atoms with Crippen molar-refractivity contribution in [3.63, 3.8) is 0 Å². The number of ether oxygens (including phenoxy) is 1. The van der Waals surface area contributed by atoms with Crippen molar-refractivity contribution in [1.82, 2.24) is 4.90 Å². The van der Waals surface area contributed by atoms with Gasteiger partial charge in [0.25, 0.3) is 17.7 Å². The van der Waals surface area contributed by atoms with Gasteiger partial charge in [-0.3, -0.25) is 19.3 Å². The molecule has 6 heteroatoms. The van der Waals surface area contributed by atoms with Gasteiger partial charge in [-0.05, 0) is 64.8 Å². The molecule has 3 amide bonds. The second-order valence-electron chi connectivity index (χ2n) is 8.52. The molecular weight excluding hydrogens is 380 g/mol. The summed E-state index contributed by atoms with van der Waals surface area (Å²) in [6, 6.07) is 10.8. The van der Waals surface area contributed by atoms with Gasteiger partial charge in [0.2, 0.25) is 0 Å². The Morgan fingerprint density at radius 1 is 1.03 bits per heavy atom. The fraction of sp³-hybridized carbons (Fsp3) is 0.375. The highest BCUT2D eigenvalue weighted by Gasteiger charge is 2.44. The summed E-state index contributed by atoms with van der Waals surface area (Å²) in [5, 5.41) is 2.93. The molecule has 1 aliphatic heterocycles. The number of nitrogens with zero attached hydrogens (tertiary/aromatic N) is 1. The van der Waals surface area contributed by atoms with Crippen molar-refractivity contribution in [2.75, 3.05) is 11.9 Å². The van der Waals surface area contributed by atoms with Gasteiger partial charge in [-0.1, -0.05) is 29.8 Å². The number of aryl methyl sites for hydroxylation is 3. The van der Waals surface area contributed by atoms with Crippen LogP contribution in [0.4, 0.5) is 5.69 Å². The van der Waals surface area contributed by atoms with Crippen molar-refractivity contribution >= 4 is 23.4 Å². The van der Waals surface area contributed by atoms with Gasteiger partial charge < -0.3 is 10.1 Å². The molecule has 1 atom stereocenters. The highest BCUT2D eigenvalue weighted by atomic mass is 16.5. The number of carbonyl (C=O) groups is 3. The van der Waals surface area contributed by atoms with Gasteiger partial charge >= 0.3 is 0 Å². The number of fused-ring (bicyclic) bond motifs is 1. The number of hydrogen-bond acceptors (Lipinski definition) is 4. The van der Waals surface area contributed by atoms with E-state index in [1.54, 1.807) is 45.0 Å². The summed E-state index contributed by atoms with van der Waals surface area (Å²) in [6.45, 7) is 11.1. The van der Waals surface area contributed by atoms with Crippen molar-refractivity contribution in [3.8, 4) is 0 Å². The normalized spacial score (nSPS) is 14.7. The smallest absolute Gasteiger partial charge is 0.262 e. The van der Waals surface area contributed by atoms with Crippen molar-refractivity contribution in [2.24, 2.45) is 0 Å². The number of nitrogens with one attached hydrogen (secondary N) is 1. The molecule has 1 aliphatic rings. The van der Waals surface area contributed by atoms with Gasteiger partial charge in [-0.2, -0.15) is 0 Å². The van der Waals surface area contributed by atoms with Gasteiger partial charge in [-0.15, -0.1) is 0 Å². The molecule has 3 rings (SSSR count). The minimum Gasteiger partial charge on any atom is -0.366 e. The topological polar surface area (TPSA) is 75.7 Å². The molecule has 6 nitrogen and oxygen atoms in total. The zero-order chi connectivity index (χ0) is 22.2. The van der Waals surface area contributed by atoms with E-state index >= 15 is 0 Å². The molecule has 0 radical (unpaired) electrons. The van der Waals surface area contributed by atoms with Crippen molar-refractivity contribution < 1.29 is 19.1 Å². The lowest BCUT2D eigenvalue weighted by Crippen LogP contribution is -2.51. The molecule has 0 bridgehead atoms. The lowest BCUT2D eigenvalue weighted by Gasteiger charge is -2.34. The van der Waals surface area contributed by atoms with Crippen LogP contribution in [0.3, 0.4) is 0 Å². The number of amides is 3. The Labute approximate surface area is 177 Å². The third-order valence-electron chi connectivity index (χ3n) is 5.38. The van der Waals surface area contributed by atoms with Crippen LogP contribution in [0, 0.1) is 20.8 Å². The van der Waals surface area contributed by atoms with Gasteiger partial charge in [0.15, 0.2) is 0 Å². The Hall–Kier alpha value is -2.99. The molecule has 0 spiro atoms. The molecule has 0 saturated carbocycles. The molecule has 0 saturated heterocycles. The maximum atomic E-state index is 12.7. The van der Waals surface area contributed by atoms with Gasteiger partial charge in [0, 0.05) is 5.69 Å². The minimum atomic E-state index is -0.905. The van der Waals surface area contributed by atoms with Gasteiger partial charge in [-0.25, -0.2) is 0 Å². The molecule has 158 valence electrons. The van der Waals surface area contributed by atoms with Crippen LogP contribution in [-0.4, -0.2) is 40.9 Å². The molecule has 0 fully saturated rings. The fourth-order valence-corrected chi connectivity index (χ4v) is 3.81. The minimum absolute atomic E-state index is 0.0406. The number of hydrogen-bond donors (Lipinski definition) is 1. The Morgan fingerprint density at radius 3 is 2.03 bits per heavy atom. The number of carbonyl (C=O) groups excluding carboxylic acids is 3. The number of rotatable bonds is 6.